The maximum Gasteiger partial charge on any atom is 0.271 e. The van der Waals surface area contributed by atoms with Crippen molar-refractivity contribution < 1.29 is 13.3 Å². The van der Waals surface area contributed by atoms with Crippen LogP contribution in [0.25, 0.3) is 0 Å². The molecule has 112 valence electrons. The molecule has 21 heavy (non-hydrogen) atoms. The van der Waals surface area contributed by atoms with E-state index in [0.29, 0.717) is 5.82 Å². The smallest absolute Gasteiger partial charge is 0.271 e. The largest absolute Gasteiger partial charge is 0.397 e. The minimum Gasteiger partial charge on any atom is -0.397 e. The number of aryl methyl sites for hydroxylation is 1. The van der Waals surface area contributed by atoms with E-state index in [0.717, 1.165) is 18.2 Å². The first-order valence-corrected chi connectivity index (χ1v) is 7.16. The number of rotatable bonds is 5. The van der Waals surface area contributed by atoms with Crippen molar-refractivity contribution in [3.63, 3.8) is 0 Å². The van der Waals surface area contributed by atoms with E-state index in [9.17, 15) is 18.5 Å². The number of nitrogen functional groups attached to an aromatic ring is 1. The van der Waals surface area contributed by atoms with Gasteiger partial charge < -0.3 is 5.73 Å². The first-order chi connectivity index (χ1) is 9.79. The maximum atomic E-state index is 12.1. The van der Waals surface area contributed by atoms with Gasteiger partial charge in [0.25, 0.3) is 5.69 Å². The molecule has 1 aromatic carbocycles. The van der Waals surface area contributed by atoms with Crippen LogP contribution in [-0.2, 0) is 23.6 Å². The molecule has 0 saturated carbocycles. The summed E-state index contributed by atoms with van der Waals surface area (Å²) in [7, 11) is -2.26. The number of nitro groups is 1. The average Bonchev–Trinajstić information content (AvgIpc) is 2.82. The molecule has 0 fully saturated rings. The molecule has 2 rings (SSSR count). The molecule has 2 aromatic rings. The SMILES string of the molecule is Cn1cnc(CNS(=O)(=O)c2ccc([N+](=O)[O-])cc2N)n1. The molecule has 0 aliphatic carbocycles. The number of nitrogens with one attached hydrogen (secondary N) is 1. The minimum absolute atomic E-state index is 0.112. The number of nitrogens with zero attached hydrogens (tertiary/aromatic N) is 4. The Kier molecular flexibility index (Phi) is 3.86. The molecule has 0 radical (unpaired) electrons. The van der Waals surface area contributed by atoms with Gasteiger partial charge in [0.1, 0.15) is 11.2 Å². The third kappa shape index (κ3) is 3.32. The highest BCUT2D eigenvalue weighted by molar-refractivity contribution is 7.89. The maximum absolute atomic E-state index is 12.1. The molecule has 10 nitrogen and oxygen atoms in total. The first kappa shape index (κ1) is 14.9. The van der Waals surface area contributed by atoms with Gasteiger partial charge in [-0.05, 0) is 6.07 Å². The summed E-state index contributed by atoms with van der Waals surface area (Å²) in [6, 6.07) is 3.15. The Morgan fingerprint density at radius 1 is 1.48 bits per heavy atom. The van der Waals surface area contributed by atoms with E-state index >= 15 is 0 Å². The molecule has 1 aromatic heterocycles. The minimum atomic E-state index is -3.91. The lowest BCUT2D eigenvalue weighted by atomic mass is 10.3. The molecule has 0 atom stereocenters. The summed E-state index contributed by atoms with van der Waals surface area (Å²) in [5.74, 6) is 0.293. The number of hydrogen-bond donors (Lipinski definition) is 2. The summed E-state index contributed by atoms with van der Waals surface area (Å²) in [4.78, 5) is 13.6. The summed E-state index contributed by atoms with van der Waals surface area (Å²) >= 11 is 0. The second-order valence-electron chi connectivity index (χ2n) is 4.14. The summed E-state index contributed by atoms with van der Waals surface area (Å²) < 4.78 is 27.9. The van der Waals surface area contributed by atoms with Gasteiger partial charge in [-0.25, -0.2) is 18.1 Å². The number of non-ortho nitro benzene ring substituents is 1. The molecule has 0 amide bonds. The fourth-order valence-electron chi connectivity index (χ4n) is 1.60. The van der Waals surface area contributed by atoms with E-state index in [1.807, 2.05) is 0 Å². The Morgan fingerprint density at radius 2 is 2.19 bits per heavy atom. The zero-order valence-corrected chi connectivity index (χ0v) is 11.7. The van der Waals surface area contributed by atoms with Crippen LogP contribution in [0.2, 0.25) is 0 Å². The molecular weight excluding hydrogens is 300 g/mol. The standard InChI is InChI=1S/C10H12N6O4S/c1-15-6-12-10(14-15)5-13-21(19,20)9-3-2-7(16(17)18)4-8(9)11/h2-4,6,13H,5,11H2,1H3. The van der Waals surface area contributed by atoms with E-state index < -0.39 is 14.9 Å². The van der Waals surface area contributed by atoms with Crippen molar-refractivity contribution >= 4 is 21.4 Å². The predicted octanol–water partition coefficient (Wildman–Crippen LogP) is -0.216. The second kappa shape index (κ2) is 5.46. The van der Waals surface area contributed by atoms with Gasteiger partial charge in [-0.2, -0.15) is 5.10 Å². The zero-order valence-electron chi connectivity index (χ0n) is 10.9. The molecule has 0 saturated heterocycles. The molecule has 0 aliphatic heterocycles. The van der Waals surface area contributed by atoms with Crippen LogP contribution in [0.1, 0.15) is 5.82 Å². The summed E-state index contributed by atoms with van der Waals surface area (Å²) in [6.45, 7) is -0.112. The molecule has 0 spiro atoms. The number of aromatic nitrogens is 3. The van der Waals surface area contributed by atoms with E-state index in [1.165, 1.54) is 11.0 Å². The van der Waals surface area contributed by atoms with Crippen molar-refractivity contribution in [2.24, 2.45) is 7.05 Å². The molecular formula is C10H12N6O4S. The Bertz CT molecular complexity index is 785. The van der Waals surface area contributed by atoms with E-state index in [4.69, 9.17) is 5.73 Å². The van der Waals surface area contributed by atoms with Crippen molar-refractivity contribution in [1.29, 1.82) is 0 Å². The molecule has 0 aliphatic rings. The third-order valence-corrected chi connectivity index (χ3v) is 4.04. The highest BCUT2D eigenvalue weighted by Gasteiger charge is 2.20. The summed E-state index contributed by atoms with van der Waals surface area (Å²) in [5.41, 5.74) is 5.08. The lowest BCUT2D eigenvalue weighted by Crippen LogP contribution is -2.24. The van der Waals surface area contributed by atoms with E-state index in [1.54, 1.807) is 7.05 Å². The van der Waals surface area contributed by atoms with E-state index in [-0.39, 0.29) is 22.8 Å². The van der Waals surface area contributed by atoms with Gasteiger partial charge in [-0.15, -0.1) is 0 Å². The van der Waals surface area contributed by atoms with Gasteiger partial charge in [0, 0.05) is 19.2 Å². The van der Waals surface area contributed by atoms with Crippen molar-refractivity contribution in [2.45, 2.75) is 11.4 Å². The van der Waals surface area contributed by atoms with Crippen LogP contribution in [0.3, 0.4) is 0 Å². The second-order valence-corrected chi connectivity index (χ2v) is 5.87. The average molecular weight is 312 g/mol. The van der Waals surface area contributed by atoms with Crippen molar-refractivity contribution in [2.75, 3.05) is 5.73 Å². The molecule has 3 N–H and O–H groups in total. The van der Waals surface area contributed by atoms with Crippen LogP contribution < -0.4 is 10.5 Å². The number of anilines is 1. The molecule has 1 heterocycles. The van der Waals surface area contributed by atoms with Gasteiger partial charge in [-0.1, -0.05) is 0 Å². The number of hydrogen-bond acceptors (Lipinski definition) is 7. The van der Waals surface area contributed by atoms with Crippen LogP contribution in [0.4, 0.5) is 11.4 Å². The topological polar surface area (TPSA) is 146 Å². The highest BCUT2D eigenvalue weighted by Crippen LogP contribution is 2.23. The first-order valence-electron chi connectivity index (χ1n) is 5.67. The predicted molar refractivity (Wildman–Crippen MR) is 72.5 cm³/mol. The van der Waals surface area contributed by atoms with Crippen molar-refractivity contribution in [3.05, 3.63) is 40.5 Å². The molecule has 0 bridgehead atoms. The number of nitrogens with two attached hydrogens (primary N) is 1. The van der Waals surface area contributed by atoms with Gasteiger partial charge in [0.15, 0.2) is 5.82 Å². The summed E-state index contributed by atoms with van der Waals surface area (Å²) in [6.07, 6.45) is 1.43. The Hall–Kier alpha value is -2.53. The van der Waals surface area contributed by atoms with Gasteiger partial charge in [0.2, 0.25) is 10.0 Å². The van der Waals surface area contributed by atoms with Crippen LogP contribution >= 0.6 is 0 Å². The molecule has 0 unspecified atom stereocenters. The third-order valence-electron chi connectivity index (χ3n) is 2.56. The Labute approximate surface area is 119 Å². The van der Waals surface area contributed by atoms with Crippen LogP contribution in [-0.4, -0.2) is 28.1 Å². The fraction of sp³-hybridized carbons (Fsp3) is 0.200. The number of nitro benzene ring substituents is 1. The van der Waals surface area contributed by atoms with Crippen LogP contribution in [0, 0.1) is 10.1 Å². The van der Waals surface area contributed by atoms with Gasteiger partial charge in [0.05, 0.1) is 17.2 Å². The quantitative estimate of drug-likeness (QED) is 0.441. The van der Waals surface area contributed by atoms with Crippen molar-refractivity contribution in [3.8, 4) is 0 Å². The number of sulfonamides is 1. The van der Waals surface area contributed by atoms with Crippen LogP contribution in [0.5, 0.6) is 0 Å². The number of benzene rings is 1. The summed E-state index contributed by atoms with van der Waals surface area (Å²) in [5, 5.41) is 14.5. The van der Waals surface area contributed by atoms with Crippen molar-refractivity contribution in [1.82, 2.24) is 19.5 Å². The lowest BCUT2D eigenvalue weighted by Gasteiger charge is -2.07. The van der Waals surface area contributed by atoms with Gasteiger partial charge >= 0.3 is 0 Å². The lowest BCUT2D eigenvalue weighted by molar-refractivity contribution is -0.384. The zero-order chi connectivity index (χ0) is 15.6. The fourth-order valence-corrected chi connectivity index (χ4v) is 2.69. The Morgan fingerprint density at radius 3 is 2.71 bits per heavy atom. The monoisotopic (exact) mass is 312 g/mol. The Balaban J connectivity index is 2.21. The van der Waals surface area contributed by atoms with E-state index in [2.05, 4.69) is 14.8 Å². The molecule has 11 heteroatoms. The highest BCUT2D eigenvalue weighted by atomic mass is 32.2. The normalized spacial score (nSPS) is 11.5. The van der Waals surface area contributed by atoms with Crippen LogP contribution in [0.15, 0.2) is 29.4 Å². The van der Waals surface area contributed by atoms with Gasteiger partial charge in [-0.3, -0.25) is 14.8 Å².